The van der Waals surface area contributed by atoms with E-state index in [-0.39, 0.29) is 5.91 Å². The maximum Gasteiger partial charge on any atom is 0.272 e. The lowest BCUT2D eigenvalue weighted by molar-refractivity contribution is 0.0719. The van der Waals surface area contributed by atoms with Gasteiger partial charge in [-0.25, -0.2) is 4.98 Å². The normalized spacial score (nSPS) is 13.5. The summed E-state index contributed by atoms with van der Waals surface area (Å²) in [5.41, 5.74) is 2.49. The molecule has 0 saturated carbocycles. The van der Waals surface area contributed by atoms with E-state index < -0.39 is 0 Å². The Morgan fingerprint density at radius 1 is 0.818 bits per heavy atom. The number of methoxy groups -OCH3 is 4. The second-order valence-electron chi connectivity index (χ2n) is 7.86. The lowest BCUT2D eigenvalue weighted by Crippen LogP contribution is -2.36. The van der Waals surface area contributed by atoms with Gasteiger partial charge in [0.05, 0.1) is 39.6 Å². The van der Waals surface area contributed by atoms with E-state index in [4.69, 9.17) is 18.9 Å². The molecule has 3 aromatic rings. The van der Waals surface area contributed by atoms with E-state index in [9.17, 15) is 4.79 Å². The van der Waals surface area contributed by atoms with Crippen LogP contribution in [0.1, 0.15) is 29.8 Å². The van der Waals surface area contributed by atoms with Crippen molar-refractivity contribution in [2.75, 3.05) is 46.8 Å². The highest BCUT2D eigenvalue weighted by atomic mass is 16.5. The molecule has 1 fully saturated rings. The highest BCUT2D eigenvalue weighted by molar-refractivity contribution is 6.01. The van der Waals surface area contributed by atoms with Crippen molar-refractivity contribution in [2.24, 2.45) is 0 Å². The first-order chi connectivity index (χ1) is 16.1. The molecule has 0 unspecified atom stereocenters. The fraction of sp³-hybridized carbons (Fsp3) is 0.360. The van der Waals surface area contributed by atoms with Crippen LogP contribution < -0.4 is 24.3 Å². The summed E-state index contributed by atoms with van der Waals surface area (Å²) in [6.07, 6.45) is 3.18. The zero-order chi connectivity index (χ0) is 23.4. The molecular formula is C25H29N3O5. The second-order valence-corrected chi connectivity index (χ2v) is 7.86. The topological polar surface area (TPSA) is 82.2 Å². The molecule has 1 aromatic heterocycles. The number of nitrogens with zero attached hydrogens (tertiary/aromatic N) is 2. The molecule has 0 aliphatic carbocycles. The fourth-order valence-electron chi connectivity index (χ4n) is 4.06. The van der Waals surface area contributed by atoms with Gasteiger partial charge in [-0.15, -0.1) is 0 Å². The van der Waals surface area contributed by atoms with E-state index >= 15 is 0 Å². The van der Waals surface area contributed by atoms with Gasteiger partial charge in [0.1, 0.15) is 17.2 Å². The molecule has 174 valence electrons. The number of fused-ring (bicyclic) bond motifs is 1. The van der Waals surface area contributed by atoms with Crippen LogP contribution in [0.3, 0.4) is 0 Å². The third-order valence-electron chi connectivity index (χ3n) is 5.81. The van der Waals surface area contributed by atoms with Crippen LogP contribution in [0.2, 0.25) is 0 Å². The summed E-state index contributed by atoms with van der Waals surface area (Å²) in [5, 5.41) is 4.21. The van der Waals surface area contributed by atoms with Crippen molar-refractivity contribution in [3.63, 3.8) is 0 Å². The van der Waals surface area contributed by atoms with Gasteiger partial charge in [-0.2, -0.15) is 0 Å². The number of ether oxygens (including phenoxy) is 4. The number of nitrogens with one attached hydrogen (secondary N) is 1. The van der Waals surface area contributed by atoms with E-state index in [0.717, 1.165) is 49.1 Å². The monoisotopic (exact) mass is 451 g/mol. The summed E-state index contributed by atoms with van der Waals surface area (Å²) in [4.78, 5) is 19.8. The molecule has 1 aliphatic rings. The minimum absolute atomic E-state index is 0.0716. The summed E-state index contributed by atoms with van der Waals surface area (Å²) >= 11 is 0. The van der Waals surface area contributed by atoms with E-state index in [1.807, 2.05) is 23.1 Å². The molecule has 0 bridgehead atoms. The van der Waals surface area contributed by atoms with Crippen molar-refractivity contribution in [2.45, 2.75) is 19.3 Å². The standard InChI is InChI=1S/C25H29N3O5/c1-30-17-10-16(11-18(12-17)31-2)26-20-14-22(25(29)28-8-6-5-7-9-28)27-21-15-24(33-4)23(32-3)13-19(20)21/h10-15H,5-9H2,1-4H3,(H,26,27). The Labute approximate surface area is 193 Å². The van der Waals surface area contributed by atoms with E-state index in [1.165, 1.54) is 0 Å². The van der Waals surface area contributed by atoms with Crippen molar-refractivity contribution in [3.8, 4) is 23.0 Å². The van der Waals surface area contributed by atoms with Crippen molar-refractivity contribution >= 4 is 28.2 Å². The highest BCUT2D eigenvalue weighted by Crippen LogP contribution is 2.37. The van der Waals surface area contributed by atoms with Crippen LogP contribution in [-0.4, -0.2) is 57.3 Å². The molecule has 1 N–H and O–H groups in total. The Morgan fingerprint density at radius 2 is 1.45 bits per heavy atom. The highest BCUT2D eigenvalue weighted by Gasteiger charge is 2.22. The quantitative estimate of drug-likeness (QED) is 0.560. The Hall–Kier alpha value is -3.68. The van der Waals surface area contributed by atoms with Gasteiger partial charge in [0.15, 0.2) is 11.5 Å². The van der Waals surface area contributed by atoms with Gasteiger partial charge in [-0.1, -0.05) is 0 Å². The average Bonchev–Trinajstić information content (AvgIpc) is 2.87. The molecule has 4 rings (SSSR count). The number of pyridine rings is 1. The van der Waals surface area contributed by atoms with Crippen molar-refractivity contribution in [3.05, 3.63) is 42.1 Å². The fourth-order valence-corrected chi connectivity index (χ4v) is 4.06. The van der Waals surface area contributed by atoms with Crippen molar-refractivity contribution in [1.82, 2.24) is 9.88 Å². The Kier molecular flexibility index (Phi) is 6.72. The van der Waals surface area contributed by atoms with Crippen molar-refractivity contribution < 1.29 is 23.7 Å². The predicted molar refractivity (Wildman–Crippen MR) is 127 cm³/mol. The number of benzene rings is 2. The second kappa shape index (κ2) is 9.85. The first-order valence-corrected chi connectivity index (χ1v) is 10.9. The molecule has 1 saturated heterocycles. The molecule has 33 heavy (non-hydrogen) atoms. The Morgan fingerprint density at radius 3 is 2.06 bits per heavy atom. The summed E-state index contributed by atoms with van der Waals surface area (Å²) in [5.74, 6) is 2.36. The van der Waals surface area contributed by atoms with Crippen LogP contribution in [0.15, 0.2) is 36.4 Å². The first kappa shape index (κ1) is 22.5. The zero-order valence-electron chi connectivity index (χ0n) is 19.4. The number of anilines is 2. The van der Waals surface area contributed by atoms with Crippen LogP contribution >= 0.6 is 0 Å². The van der Waals surface area contributed by atoms with Crippen LogP contribution in [0.25, 0.3) is 10.9 Å². The van der Waals surface area contributed by atoms with Gasteiger partial charge >= 0.3 is 0 Å². The lowest BCUT2D eigenvalue weighted by Gasteiger charge is -2.26. The number of piperidine rings is 1. The van der Waals surface area contributed by atoms with E-state index in [1.54, 1.807) is 46.6 Å². The van der Waals surface area contributed by atoms with Crippen LogP contribution in [-0.2, 0) is 0 Å². The van der Waals surface area contributed by atoms with Gasteiger partial charge < -0.3 is 29.2 Å². The van der Waals surface area contributed by atoms with Crippen molar-refractivity contribution in [1.29, 1.82) is 0 Å². The van der Waals surface area contributed by atoms with Crippen LogP contribution in [0.4, 0.5) is 11.4 Å². The maximum atomic E-state index is 13.3. The maximum absolute atomic E-state index is 13.3. The minimum Gasteiger partial charge on any atom is -0.497 e. The number of hydrogen-bond acceptors (Lipinski definition) is 7. The summed E-state index contributed by atoms with van der Waals surface area (Å²) in [6.45, 7) is 1.50. The van der Waals surface area contributed by atoms with Gasteiger partial charge in [0, 0.05) is 48.4 Å². The Bertz CT molecular complexity index is 1140. The minimum atomic E-state index is -0.0716. The number of carbonyl (C=O) groups excluding carboxylic acids is 1. The molecule has 0 spiro atoms. The molecule has 1 aliphatic heterocycles. The van der Waals surface area contributed by atoms with Crippen LogP contribution in [0, 0.1) is 0 Å². The first-order valence-electron chi connectivity index (χ1n) is 10.9. The van der Waals surface area contributed by atoms with Gasteiger partial charge in [0.2, 0.25) is 0 Å². The molecule has 0 atom stereocenters. The smallest absolute Gasteiger partial charge is 0.272 e. The number of likely N-dealkylation sites (tertiary alicyclic amines) is 1. The number of aromatic nitrogens is 1. The number of rotatable bonds is 7. The molecule has 1 amide bonds. The SMILES string of the molecule is COc1cc(Nc2cc(C(=O)N3CCCCC3)nc3cc(OC)c(OC)cc23)cc(OC)c1. The van der Waals surface area contributed by atoms with Gasteiger partial charge in [0.25, 0.3) is 5.91 Å². The lowest BCUT2D eigenvalue weighted by atomic mass is 10.1. The third kappa shape index (κ3) is 4.74. The largest absolute Gasteiger partial charge is 0.497 e. The molecule has 0 radical (unpaired) electrons. The van der Waals surface area contributed by atoms with Crippen LogP contribution in [0.5, 0.6) is 23.0 Å². The number of hydrogen-bond donors (Lipinski definition) is 1. The zero-order valence-corrected chi connectivity index (χ0v) is 19.4. The predicted octanol–water partition coefficient (Wildman–Crippen LogP) is 4.64. The number of amides is 1. The summed E-state index contributed by atoms with van der Waals surface area (Å²) in [6, 6.07) is 11.0. The van der Waals surface area contributed by atoms with E-state index in [2.05, 4.69) is 10.3 Å². The third-order valence-corrected chi connectivity index (χ3v) is 5.81. The van der Waals surface area contributed by atoms with Gasteiger partial charge in [-0.3, -0.25) is 4.79 Å². The van der Waals surface area contributed by atoms with Gasteiger partial charge in [-0.05, 0) is 31.4 Å². The van der Waals surface area contributed by atoms with E-state index in [0.29, 0.717) is 34.2 Å². The molecule has 8 heteroatoms. The number of carbonyl (C=O) groups is 1. The molecular weight excluding hydrogens is 422 g/mol. The average molecular weight is 452 g/mol. The molecule has 8 nitrogen and oxygen atoms in total. The molecule has 2 heterocycles. The summed E-state index contributed by atoms with van der Waals surface area (Å²) in [7, 11) is 6.37. The summed E-state index contributed by atoms with van der Waals surface area (Å²) < 4.78 is 21.8. The molecule has 2 aromatic carbocycles. The Balaban J connectivity index is 1.84.